The van der Waals surface area contributed by atoms with E-state index >= 15 is 0 Å². The number of hydrogen-bond acceptors (Lipinski definition) is 2. The molecule has 2 nitrogen and oxygen atoms in total. The van der Waals surface area contributed by atoms with Crippen molar-refractivity contribution in [2.75, 3.05) is 26.2 Å². The lowest BCUT2D eigenvalue weighted by Gasteiger charge is -2.43. The molecular formula is C12H22N2. The molecule has 1 aliphatic rings. The van der Waals surface area contributed by atoms with Gasteiger partial charge in [-0.25, -0.2) is 0 Å². The SMILES string of the molecule is C#CCCN1CCNC(CC)(CC)C1. The van der Waals surface area contributed by atoms with Crippen molar-refractivity contribution in [1.82, 2.24) is 10.2 Å². The van der Waals surface area contributed by atoms with Gasteiger partial charge in [-0.2, -0.15) is 0 Å². The summed E-state index contributed by atoms with van der Waals surface area (Å²) in [6.45, 7) is 8.99. The van der Waals surface area contributed by atoms with E-state index in [0.29, 0.717) is 5.54 Å². The summed E-state index contributed by atoms with van der Waals surface area (Å²) in [5.41, 5.74) is 0.340. The van der Waals surface area contributed by atoms with Crippen molar-refractivity contribution < 1.29 is 0 Å². The number of piperazine rings is 1. The zero-order valence-corrected chi connectivity index (χ0v) is 9.47. The first-order valence-corrected chi connectivity index (χ1v) is 5.67. The number of nitrogens with zero attached hydrogens (tertiary/aromatic N) is 1. The Balaban J connectivity index is 2.46. The van der Waals surface area contributed by atoms with Crippen LogP contribution in [0.1, 0.15) is 33.1 Å². The molecule has 1 rings (SSSR count). The summed E-state index contributed by atoms with van der Waals surface area (Å²) in [5, 5.41) is 3.65. The molecule has 0 bridgehead atoms. The maximum Gasteiger partial charge on any atom is 0.0304 e. The average molecular weight is 194 g/mol. The minimum atomic E-state index is 0.340. The maximum atomic E-state index is 5.29. The minimum Gasteiger partial charge on any atom is -0.309 e. The summed E-state index contributed by atoms with van der Waals surface area (Å²) in [5.74, 6) is 2.72. The Hall–Kier alpha value is -0.520. The summed E-state index contributed by atoms with van der Waals surface area (Å²) < 4.78 is 0. The molecule has 2 heteroatoms. The van der Waals surface area contributed by atoms with E-state index in [1.807, 2.05) is 0 Å². The number of terminal acetylenes is 1. The molecule has 1 saturated heterocycles. The van der Waals surface area contributed by atoms with Crippen LogP contribution in [-0.4, -0.2) is 36.6 Å². The second-order valence-corrected chi connectivity index (χ2v) is 4.14. The van der Waals surface area contributed by atoms with Gasteiger partial charge in [0.2, 0.25) is 0 Å². The van der Waals surface area contributed by atoms with Gasteiger partial charge in [-0.05, 0) is 12.8 Å². The van der Waals surface area contributed by atoms with Crippen LogP contribution in [0.25, 0.3) is 0 Å². The van der Waals surface area contributed by atoms with Crippen molar-refractivity contribution in [3.8, 4) is 12.3 Å². The van der Waals surface area contributed by atoms with Gasteiger partial charge in [0.05, 0.1) is 0 Å². The van der Waals surface area contributed by atoms with E-state index < -0.39 is 0 Å². The van der Waals surface area contributed by atoms with Crippen molar-refractivity contribution in [3.63, 3.8) is 0 Å². The van der Waals surface area contributed by atoms with Crippen LogP contribution >= 0.6 is 0 Å². The third kappa shape index (κ3) is 2.73. The van der Waals surface area contributed by atoms with Crippen LogP contribution < -0.4 is 5.32 Å². The Bertz CT molecular complexity index is 201. The fraction of sp³-hybridized carbons (Fsp3) is 0.833. The molecule has 1 aliphatic heterocycles. The molecule has 0 unspecified atom stereocenters. The van der Waals surface area contributed by atoms with Gasteiger partial charge in [0.1, 0.15) is 0 Å². The van der Waals surface area contributed by atoms with E-state index in [2.05, 4.69) is 30.0 Å². The molecule has 1 fully saturated rings. The topological polar surface area (TPSA) is 15.3 Å². The van der Waals surface area contributed by atoms with Gasteiger partial charge < -0.3 is 5.32 Å². The standard InChI is InChI=1S/C12H22N2/c1-4-7-9-14-10-8-13-12(5-2,6-3)11-14/h1,13H,5-11H2,2-3H3. The molecule has 0 aliphatic carbocycles. The zero-order chi connectivity index (χ0) is 10.4. The summed E-state index contributed by atoms with van der Waals surface area (Å²) in [6, 6.07) is 0. The van der Waals surface area contributed by atoms with Crippen LogP contribution in [0, 0.1) is 12.3 Å². The van der Waals surface area contributed by atoms with E-state index in [1.165, 1.54) is 12.8 Å². The first-order valence-electron chi connectivity index (χ1n) is 5.67. The fourth-order valence-electron chi connectivity index (χ4n) is 2.18. The maximum absolute atomic E-state index is 5.29. The second kappa shape index (κ2) is 5.38. The van der Waals surface area contributed by atoms with Gasteiger partial charge in [-0.15, -0.1) is 12.3 Å². The zero-order valence-electron chi connectivity index (χ0n) is 9.47. The van der Waals surface area contributed by atoms with Crippen LogP contribution in [0.4, 0.5) is 0 Å². The van der Waals surface area contributed by atoms with E-state index in [4.69, 9.17) is 6.42 Å². The third-order valence-corrected chi connectivity index (χ3v) is 3.38. The molecule has 80 valence electrons. The molecule has 1 heterocycles. The van der Waals surface area contributed by atoms with Crippen LogP contribution in [0.2, 0.25) is 0 Å². The molecule has 0 aromatic heterocycles. The van der Waals surface area contributed by atoms with Crippen LogP contribution in [-0.2, 0) is 0 Å². The lowest BCUT2D eigenvalue weighted by molar-refractivity contribution is 0.126. The van der Waals surface area contributed by atoms with Gasteiger partial charge in [0, 0.05) is 38.1 Å². The molecule has 14 heavy (non-hydrogen) atoms. The smallest absolute Gasteiger partial charge is 0.0304 e. The van der Waals surface area contributed by atoms with Crippen molar-refractivity contribution >= 4 is 0 Å². The highest BCUT2D eigenvalue weighted by molar-refractivity contribution is 4.94. The number of nitrogens with one attached hydrogen (secondary N) is 1. The highest BCUT2D eigenvalue weighted by Gasteiger charge is 2.31. The first kappa shape index (κ1) is 11.6. The molecule has 0 amide bonds. The first-order chi connectivity index (χ1) is 6.76. The lowest BCUT2D eigenvalue weighted by Crippen LogP contribution is -2.59. The summed E-state index contributed by atoms with van der Waals surface area (Å²) in [6.07, 6.45) is 8.57. The molecule has 1 N–H and O–H groups in total. The minimum absolute atomic E-state index is 0.340. The second-order valence-electron chi connectivity index (χ2n) is 4.14. The van der Waals surface area contributed by atoms with E-state index in [1.54, 1.807) is 0 Å². The lowest BCUT2D eigenvalue weighted by atomic mass is 9.90. The number of hydrogen-bond donors (Lipinski definition) is 1. The fourth-order valence-corrected chi connectivity index (χ4v) is 2.18. The predicted molar refractivity (Wildman–Crippen MR) is 61.2 cm³/mol. The summed E-state index contributed by atoms with van der Waals surface area (Å²) in [4.78, 5) is 2.49. The van der Waals surface area contributed by atoms with Crippen LogP contribution in [0.5, 0.6) is 0 Å². The van der Waals surface area contributed by atoms with Gasteiger partial charge >= 0.3 is 0 Å². The molecule has 0 atom stereocenters. The van der Waals surface area contributed by atoms with Gasteiger partial charge in [-0.1, -0.05) is 13.8 Å². The van der Waals surface area contributed by atoms with E-state index in [0.717, 1.165) is 32.6 Å². The molecular weight excluding hydrogens is 172 g/mol. The van der Waals surface area contributed by atoms with Crippen molar-refractivity contribution in [2.45, 2.75) is 38.6 Å². The molecule has 0 saturated carbocycles. The van der Waals surface area contributed by atoms with E-state index in [-0.39, 0.29) is 0 Å². The summed E-state index contributed by atoms with van der Waals surface area (Å²) >= 11 is 0. The monoisotopic (exact) mass is 194 g/mol. The Morgan fingerprint density at radius 1 is 1.43 bits per heavy atom. The Morgan fingerprint density at radius 3 is 2.71 bits per heavy atom. The highest BCUT2D eigenvalue weighted by Crippen LogP contribution is 2.19. The molecule has 0 radical (unpaired) electrons. The van der Waals surface area contributed by atoms with Crippen LogP contribution in [0.3, 0.4) is 0 Å². The molecule has 0 aromatic carbocycles. The molecule has 0 aromatic rings. The molecule has 0 spiro atoms. The van der Waals surface area contributed by atoms with Gasteiger partial charge in [0.15, 0.2) is 0 Å². The quantitative estimate of drug-likeness (QED) is 0.682. The third-order valence-electron chi connectivity index (χ3n) is 3.38. The highest BCUT2D eigenvalue weighted by atomic mass is 15.2. The number of rotatable bonds is 4. The Morgan fingerprint density at radius 2 is 2.14 bits per heavy atom. The van der Waals surface area contributed by atoms with Gasteiger partial charge in [0.25, 0.3) is 0 Å². The van der Waals surface area contributed by atoms with Crippen molar-refractivity contribution in [3.05, 3.63) is 0 Å². The Kier molecular flexibility index (Phi) is 4.44. The van der Waals surface area contributed by atoms with Crippen molar-refractivity contribution in [1.29, 1.82) is 0 Å². The van der Waals surface area contributed by atoms with Gasteiger partial charge in [-0.3, -0.25) is 4.90 Å². The Labute approximate surface area is 88.1 Å². The summed E-state index contributed by atoms with van der Waals surface area (Å²) in [7, 11) is 0. The van der Waals surface area contributed by atoms with E-state index in [9.17, 15) is 0 Å². The normalized spacial score (nSPS) is 21.8. The largest absolute Gasteiger partial charge is 0.309 e. The van der Waals surface area contributed by atoms with Crippen molar-refractivity contribution in [2.24, 2.45) is 0 Å². The predicted octanol–water partition coefficient (Wildman–Crippen LogP) is 1.47. The average Bonchev–Trinajstić information content (AvgIpc) is 2.26. The van der Waals surface area contributed by atoms with Crippen LogP contribution in [0.15, 0.2) is 0 Å².